The van der Waals surface area contributed by atoms with Crippen LogP contribution in [0.15, 0.2) is 34.3 Å². The van der Waals surface area contributed by atoms with Crippen LogP contribution in [0.4, 0.5) is 4.79 Å². The topological polar surface area (TPSA) is 110 Å². The first-order valence-electron chi connectivity index (χ1n) is 9.77. The van der Waals surface area contributed by atoms with Crippen molar-refractivity contribution >= 4 is 23.8 Å². The Kier molecular flexibility index (Phi) is 6.67. The van der Waals surface area contributed by atoms with Gasteiger partial charge in [-0.3, -0.25) is 10.0 Å². The number of aromatic nitrogens is 3. The maximum atomic E-state index is 12.2. The zero-order valence-corrected chi connectivity index (χ0v) is 18.4. The summed E-state index contributed by atoms with van der Waals surface area (Å²) in [6.07, 6.45) is 1.34. The van der Waals surface area contributed by atoms with Gasteiger partial charge in [0.25, 0.3) is 5.91 Å². The summed E-state index contributed by atoms with van der Waals surface area (Å²) in [7, 11) is 1.94. The Bertz CT molecular complexity index is 899. The van der Waals surface area contributed by atoms with E-state index in [0.717, 1.165) is 28.7 Å². The van der Waals surface area contributed by atoms with Crippen LogP contribution in [-0.2, 0) is 11.8 Å². The van der Waals surface area contributed by atoms with Crippen LogP contribution in [0.1, 0.15) is 55.7 Å². The molecule has 2 amide bonds. The van der Waals surface area contributed by atoms with Crippen molar-refractivity contribution in [3.63, 3.8) is 0 Å². The van der Waals surface area contributed by atoms with Gasteiger partial charge in [0.15, 0.2) is 5.16 Å². The predicted molar refractivity (Wildman–Crippen MR) is 111 cm³/mol. The first kappa shape index (κ1) is 22.1. The van der Waals surface area contributed by atoms with Crippen LogP contribution in [0, 0.1) is 0 Å². The summed E-state index contributed by atoms with van der Waals surface area (Å²) >= 11 is 1.45. The number of hydrogen-bond donors (Lipinski definition) is 2. The molecule has 0 saturated carbocycles. The fourth-order valence-electron chi connectivity index (χ4n) is 3.26. The summed E-state index contributed by atoms with van der Waals surface area (Å²) in [4.78, 5) is 26.3. The molecule has 2 aromatic rings. The average molecular weight is 434 g/mol. The van der Waals surface area contributed by atoms with E-state index in [1.54, 1.807) is 34.6 Å². The lowest BCUT2D eigenvalue weighted by atomic mass is 9.96. The summed E-state index contributed by atoms with van der Waals surface area (Å²) in [6, 6.07) is 6.86. The molecule has 0 radical (unpaired) electrons. The lowest BCUT2D eigenvalue weighted by Gasteiger charge is -2.33. The molecule has 0 bridgehead atoms. The number of hydrogen-bond acceptors (Lipinski definition) is 7. The van der Waals surface area contributed by atoms with E-state index in [1.807, 2.05) is 32.4 Å². The number of benzene rings is 1. The lowest BCUT2D eigenvalue weighted by Crippen LogP contribution is -2.41. The van der Waals surface area contributed by atoms with Gasteiger partial charge in [-0.1, -0.05) is 0 Å². The molecule has 0 aliphatic carbocycles. The van der Waals surface area contributed by atoms with Crippen molar-refractivity contribution in [1.82, 2.24) is 25.1 Å². The second-order valence-electron chi connectivity index (χ2n) is 8.21. The molecule has 1 aliphatic rings. The SMILES string of the molecule is Cn1c(Sc2ccc(C(=O)NO)cc2)nnc1C1CCN(C(=O)OC(C)(C)C)CC1. The fraction of sp³-hybridized carbons (Fsp3) is 0.500. The van der Waals surface area contributed by atoms with Gasteiger partial charge in [-0.25, -0.2) is 10.3 Å². The van der Waals surface area contributed by atoms with Crippen molar-refractivity contribution in [2.75, 3.05) is 13.1 Å². The molecule has 10 heteroatoms. The second kappa shape index (κ2) is 9.05. The Morgan fingerprint density at radius 3 is 2.37 bits per heavy atom. The second-order valence-corrected chi connectivity index (χ2v) is 9.25. The number of nitrogens with one attached hydrogen (secondary N) is 1. The molecular weight excluding hydrogens is 406 g/mol. The zero-order chi connectivity index (χ0) is 21.9. The molecule has 30 heavy (non-hydrogen) atoms. The highest BCUT2D eigenvalue weighted by Gasteiger charge is 2.30. The molecule has 162 valence electrons. The van der Waals surface area contributed by atoms with E-state index in [4.69, 9.17) is 9.94 Å². The monoisotopic (exact) mass is 433 g/mol. The Labute approximate surface area is 179 Å². The fourth-order valence-corrected chi connectivity index (χ4v) is 4.06. The highest BCUT2D eigenvalue weighted by atomic mass is 32.2. The minimum Gasteiger partial charge on any atom is -0.444 e. The third-order valence-electron chi connectivity index (χ3n) is 4.81. The molecule has 9 nitrogen and oxygen atoms in total. The lowest BCUT2D eigenvalue weighted by molar-refractivity contribution is 0.0202. The van der Waals surface area contributed by atoms with Crippen molar-refractivity contribution in [2.24, 2.45) is 7.05 Å². The molecule has 1 aromatic carbocycles. The van der Waals surface area contributed by atoms with E-state index in [0.29, 0.717) is 18.7 Å². The molecule has 0 spiro atoms. The Morgan fingerprint density at radius 1 is 1.17 bits per heavy atom. The van der Waals surface area contributed by atoms with Crippen LogP contribution >= 0.6 is 11.8 Å². The van der Waals surface area contributed by atoms with Gasteiger partial charge >= 0.3 is 6.09 Å². The normalized spacial score (nSPS) is 15.2. The van der Waals surface area contributed by atoms with Crippen molar-refractivity contribution in [3.8, 4) is 0 Å². The van der Waals surface area contributed by atoms with E-state index >= 15 is 0 Å². The molecule has 1 aliphatic heterocycles. The number of rotatable bonds is 4. The molecular formula is C20H27N5O4S. The quantitative estimate of drug-likeness (QED) is 0.563. The summed E-state index contributed by atoms with van der Waals surface area (Å²) < 4.78 is 7.43. The smallest absolute Gasteiger partial charge is 0.410 e. The van der Waals surface area contributed by atoms with E-state index in [1.165, 1.54) is 11.8 Å². The van der Waals surface area contributed by atoms with Crippen molar-refractivity contribution < 1.29 is 19.5 Å². The molecule has 1 fully saturated rings. The van der Waals surface area contributed by atoms with Crippen LogP contribution < -0.4 is 5.48 Å². The van der Waals surface area contributed by atoms with Crippen molar-refractivity contribution in [2.45, 2.75) is 55.2 Å². The average Bonchev–Trinajstić information content (AvgIpc) is 3.07. The predicted octanol–water partition coefficient (Wildman–Crippen LogP) is 3.20. The Hall–Kier alpha value is -2.59. The molecule has 0 unspecified atom stereocenters. The molecule has 3 rings (SSSR count). The number of hydroxylamine groups is 1. The first-order chi connectivity index (χ1) is 14.2. The van der Waals surface area contributed by atoms with Gasteiger partial charge in [0, 0.05) is 36.5 Å². The summed E-state index contributed by atoms with van der Waals surface area (Å²) in [6.45, 7) is 6.86. The summed E-state index contributed by atoms with van der Waals surface area (Å²) in [5.41, 5.74) is 1.49. The highest BCUT2D eigenvalue weighted by Crippen LogP contribution is 2.32. The van der Waals surface area contributed by atoms with E-state index in [2.05, 4.69) is 10.2 Å². The Morgan fingerprint density at radius 2 is 1.80 bits per heavy atom. The van der Waals surface area contributed by atoms with E-state index in [-0.39, 0.29) is 12.0 Å². The molecule has 2 heterocycles. The number of amides is 2. The summed E-state index contributed by atoms with van der Waals surface area (Å²) in [5.74, 6) is 0.578. The van der Waals surface area contributed by atoms with E-state index in [9.17, 15) is 9.59 Å². The minimum absolute atomic E-state index is 0.228. The van der Waals surface area contributed by atoms with Crippen molar-refractivity contribution in [3.05, 3.63) is 35.7 Å². The zero-order valence-electron chi connectivity index (χ0n) is 17.6. The number of piperidine rings is 1. The maximum absolute atomic E-state index is 12.2. The molecule has 2 N–H and O–H groups in total. The van der Waals surface area contributed by atoms with Crippen LogP contribution in [0.2, 0.25) is 0 Å². The molecule has 1 saturated heterocycles. The van der Waals surface area contributed by atoms with Gasteiger partial charge in [-0.15, -0.1) is 10.2 Å². The van der Waals surface area contributed by atoms with Crippen LogP contribution in [0.5, 0.6) is 0 Å². The van der Waals surface area contributed by atoms with Gasteiger partial charge in [-0.2, -0.15) is 0 Å². The molecule has 0 atom stereocenters. The maximum Gasteiger partial charge on any atom is 0.410 e. The van der Waals surface area contributed by atoms with Gasteiger partial charge in [0.2, 0.25) is 0 Å². The highest BCUT2D eigenvalue weighted by molar-refractivity contribution is 7.99. The van der Waals surface area contributed by atoms with E-state index < -0.39 is 11.5 Å². The largest absolute Gasteiger partial charge is 0.444 e. The van der Waals surface area contributed by atoms with Gasteiger partial charge < -0.3 is 14.2 Å². The Balaban J connectivity index is 1.61. The third-order valence-corrected chi connectivity index (χ3v) is 5.85. The van der Waals surface area contributed by atoms with Crippen LogP contribution in [0.3, 0.4) is 0 Å². The minimum atomic E-state index is -0.551. The number of carbonyl (C=O) groups is 2. The molecule has 1 aromatic heterocycles. The van der Waals surface area contributed by atoms with Crippen LogP contribution in [-0.4, -0.2) is 55.6 Å². The number of nitrogens with zero attached hydrogens (tertiary/aromatic N) is 4. The number of ether oxygens (including phenoxy) is 1. The first-order valence-corrected chi connectivity index (χ1v) is 10.6. The van der Waals surface area contributed by atoms with Crippen LogP contribution in [0.25, 0.3) is 0 Å². The van der Waals surface area contributed by atoms with Gasteiger partial charge in [0.05, 0.1) is 0 Å². The van der Waals surface area contributed by atoms with Gasteiger partial charge in [-0.05, 0) is 69.6 Å². The third kappa shape index (κ3) is 5.31. The summed E-state index contributed by atoms with van der Waals surface area (Å²) in [5, 5.41) is 18.1. The standard InChI is InChI=1S/C20H27N5O4S/c1-20(2,3)29-19(27)25-11-9-13(10-12-25)16-21-22-18(24(16)4)30-15-7-5-14(6-8-15)17(26)23-28/h5-8,13,28H,9-12H2,1-4H3,(H,23,26). The van der Waals surface area contributed by atoms with Crippen molar-refractivity contribution in [1.29, 1.82) is 0 Å². The number of carbonyl (C=O) groups excluding carboxylic acids is 2. The van der Waals surface area contributed by atoms with Gasteiger partial charge in [0.1, 0.15) is 11.4 Å². The number of likely N-dealkylation sites (tertiary alicyclic amines) is 1.